The fraction of sp³-hybridized carbons (Fsp3) is 0.222. The van der Waals surface area contributed by atoms with E-state index in [0.717, 1.165) is 33.7 Å². The third kappa shape index (κ3) is 2.63. The van der Waals surface area contributed by atoms with Crippen molar-refractivity contribution in [3.8, 4) is 5.75 Å². The first kappa shape index (κ1) is 15.1. The maximum absolute atomic E-state index is 12.9. The van der Waals surface area contributed by atoms with E-state index < -0.39 is 0 Å². The highest BCUT2D eigenvalue weighted by atomic mass is 32.2. The van der Waals surface area contributed by atoms with Crippen molar-refractivity contribution in [2.24, 2.45) is 5.92 Å². The zero-order chi connectivity index (χ0) is 16.5. The molecule has 1 atom stereocenters. The first-order valence-corrected chi connectivity index (χ1v) is 8.70. The number of anilines is 1. The van der Waals surface area contributed by atoms with Crippen LogP contribution in [0.2, 0.25) is 0 Å². The van der Waals surface area contributed by atoms with E-state index in [4.69, 9.17) is 4.74 Å². The number of benzene rings is 1. The zero-order valence-corrected chi connectivity index (χ0v) is 14.0. The third-order valence-electron chi connectivity index (χ3n) is 4.28. The van der Waals surface area contributed by atoms with E-state index in [9.17, 15) is 4.79 Å². The number of H-pyrrole nitrogens is 1. The van der Waals surface area contributed by atoms with Gasteiger partial charge in [-0.05, 0) is 36.2 Å². The fourth-order valence-corrected chi connectivity index (χ4v) is 4.14. The van der Waals surface area contributed by atoms with Crippen molar-refractivity contribution in [3.63, 3.8) is 0 Å². The van der Waals surface area contributed by atoms with Gasteiger partial charge in [-0.3, -0.25) is 9.78 Å². The minimum Gasteiger partial charge on any atom is -0.497 e. The average molecular weight is 339 g/mol. The predicted octanol–water partition coefficient (Wildman–Crippen LogP) is 3.54. The van der Waals surface area contributed by atoms with Crippen LogP contribution in [0, 0.1) is 5.92 Å². The number of carbonyl (C=O) groups is 1. The number of hydrogen-bond donors (Lipinski definition) is 1. The molecule has 0 amide bonds. The lowest BCUT2D eigenvalue weighted by molar-refractivity contribution is 0.0942. The monoisotopic (exact) mass is 339 g/mol. The molecular weight excluding hydrogens is 322 g/mol. The standard InChI is InChI=1S/C18H17N3O2S/c1-23-14-4-5-15-16(9-20-17(15)7-14)18(22)12-10-21(24-11-12)13-3-2-6-19-8-13/h2-9,12,20H,10-11H2,1H3. The summed E-state index contributed by atoms with van der Waals surface area (Å²) in [6, 6.07) is 9.68. The van der Waals surface area contributed by atoms with Crippen LogP contribution in [0.15, 0.2) is 48.9 Å². The Bertz CT molecular complexity index is 878. The van der Waals surface area contributed by atoms with Crippen LogP contribution < -0.4 is 9.04 Å². The number of ketones is 1. The minimum atomic E-state index is -0.0173. The number of aromatic amines is 1. The summed E-state index contributed by atoms with van der Waals surface area (Å²) < 4.78 is 7.38. The van der Waals surface area contributed by atoms with Crippen LogP contribution in [0.5, 0.6) is 5.75 Å². The van der Waals surface area contributed by atoms with Crippen LogP contribution in [0.1, 0.15) is 10.4 Å². The third-order valence-corrected chi connectivity index (χ3v) is 5.50. The summed E-state index contributed by atoms with van der Waals surface area (Å²) in [5, 5.41) is 0.950. The van der Waals surface area contributed by atoms with Crippen molar-refractivity contribution in [3.05, 3.63) is 54.5 Å². The van der Waals surface area contributed by atoms with Crippen LogP contribution in [-0.4, -0.2) is 35.2 Å². The number of ether oxygens (including phenoxy) is 1. The maximum Gasteiger partial charge on any atom is 0.170 e. The molecule has 6 heteroatoms. The Morgan fingerprint density at radius 3 is 3.12 bits per heavy atom. The first-order valence-electron chi connectivity index (χ1n) is 7.76. The van der Waals surface area contributed by atoms with Gasteiger partial charge in [-0.2, -0.15) is 0 Å². The Morgan fingerprint density at radius 2 is 2.33 bits per heavy atom. The van der Waals surface area contributed by atoms with E-state index >= 15 is 0 Å². The lowest BCUT2D eigenvalue weighted by atomic mass is 9.98. The summed E-state index contributed by atoms with van der Waals surface area (Å²) in [5.41, 5.74) is 2.72. The number of methoxy groups -OCH3 is 1. The largest absolute Gasteiger partial charge is 0.497 e. The molecule has 122 valence electrons. The molecule has 24 heavy (non-hydrogen) atoms. The number of nitrogens with one attached hydrogen (secondary N) is 1. The molecule has 1 aromatic carbocycles. The van der Waals surface area contributed by atoms with Crippen molar-refractivity contribution < 1.29 is 9.53 Å². The van der Waals surface area contributed by atoms with E-state index in [0.29, 0.717) is 6.54 Å². The molecule has 0 radical (unpaired) electrons. The molecule has 4 rings (SSSR count). The number of pyridine rings is 1. The molecule has 1 saturated heterocycles. The SMILES string of the molecule is COc1ccc2c(C(=O)C3CSN(c4cccnc4)C3)c[nH]c2c1. The highest BCUT2D eigenvalue weighted by Gasteiger charge is 2.31. The van der Waals surface area contributed by atoms with Gasteiger partial charge >= 0.3 is 0 Å². The first-order chi connectivity index (χ1) is 11.8. The van der Waals surface area contributed by atoms with Crippen LogP contribution in [0.3, 0.4) is 0 Å². The number of hydrogen-bond acceptors (Lipinski definition) is 5. The lowest BCUT2D eigenvalue weighted by Crippen LogP contribution is -2.21. The van der Waals surface area contributed by atoms with Crippen molar-refractivity contribution in [2.75, 3.05) is 23.7 Å². The Kier molecular flexibility index (Phi) is 3.90. The maximum atomic E-state index is 12.9. The highest BCUT2D eigenvalue weighted by Crippen LogP contribution is 2.34. The molecule has 1 unspecified atom stereocenters. The van der Waals surface area contributed by atoms with Crippen LogP contribution in [0.4, 0.5) is 5.69 Å². The smallest absolute Gasteiger partial charge is 0.170 e. The second-order valence-corrected chi connectivity index (χ2v) is 6.78. The molecular formula is C18H17N3O2S. The molecule has 1 aliphatic heterocycles. The summed E-state index contributed by atoms with van der Waals surface area (Å²) >= 11 is 1.68. The van der Waals surface area contributed by atoms with E-state index in [1.165, 1.54) is 0 Å². The lowest BCUT2D eigenvalue weighted by Gasteiger charge is -2.15. The van der Waals surface area contributed by atoms with E-state index in [-0.39, 0.29) is 11.7 Å². The number of rotatable bonds is 4. The molecule has 0 aliphatic carbocycles. The predicted molar refractivity (Wildman–Crippen MR) is 96.7 cm³/mol. The highest BCUT2D eigenvalue weighted by molar-refractivity contribution is 8.00. The van der Waals surface area contributed by atoms with E-state index in [1.807, 2.05) is 42.7 Å². The normalized spacial score (nSPS) is 17.4. The van der Waals surface area contributed by atoms with Gasteiger partial charge in [-0.15, -0.1) is 0 Å². The van der Waals surface area contributed by atoms with Gasteiger partial charge in [0.1, 0.15) is 5.75 Å². The number of carbonyl (C=O) groups excluding carboxylic acids is 1. The summed E-state index contributed by atoms with van der Waals surface area (Å²) in [6.45, 7) is 0.706. The van der Waals surface area contributed by atoms with Crippen molar-refractivity contribution in [2.45, 2.75) is 0 Å². The summed E-state index contributed by atoms with van der Waals surface area (Å²) in [7, 11) is 1.64. The molecule has 3 aromatic rings. The average Bonchev–Trinajstić information content (AvgIpc) is 3.28. The molecule has 0 bridgehead atoms. The van der Waals surface area contributed by atoms with Gasteiger partial charge in [0.2, 0.25) is 0 Å². The number of Topliss-reactive ketones (excluding diaryl/α,β-unsaturated/α-hetero) is 1. The van der Waals surface area contributed by atoms with Crippen LogP contribution in [-0.2, 0) is 0 Å². The Labute approximate surface area is 144 Å². The molecule has 5 nitrogen and oxygen atoms in total. The van der Waals surface area contributed by atoms with Gasteiger partial charge in [0.05, 0.1) is 24.9 Å². The van der Waals surface area contributed by atoms with Gasteiger partial charge in [0.15, 0.2) is 5.78 Å². The molecule has 0 saturated carbocycles. The fourth-order valence-electron chi connectivity index (χ4n) is 2.98. The molecule has 3 heterocycles. The van der Waals surface area contributed by atoms with Crippen molar-refractivity contribution >= 4 is 34.3 Å². The number of aromatic nitrogens is 2. The zero-order valence-electron chi connectivity index (χ0n) is 13.2. The summed E-state index contributed by atoms with van der Waals surface area (Å²) in [4.78, 5) is 20.3. The minimum absolute atomic E-state index is 0.0173. The summed E-state index contributed by atoms with van der Waals surface area (Å²) in [5.74, 6) is 1.74. The quantitative estimate of drug-likeness (QED) is 0.582. The van der Waals surface area contributed by atoms with Gasteiger partial charge in [0, 0.05) is 47.2 Å². The topological polar surface area (TPSA) is 58.2 Å². The molecule has 1 fully saturated rings. The van der Waals surface area contributed by atoms with Gasteiger partial charge in [-0.25, -0.2) is 0 Å². The second kappa shape index (κ2) is 6.20. The molecule has 1 aliphatic rings. The van der Waals surface area contributed by atoms with Crippen molar-refractivity contribution in [1.29, 1.82) is 0 Å². The van der Waals surface area contributed by atoms with Crippen LogP contribution >= 0.6 is 11.9 Å². The summed E-state index contributed by atoms with van der Waals surface area (Å²) in [6.07, 6.45) is 5.40. The molecule has 1 N–H and O–H groups in total. The van der Waals surface area contributed by atoms with E-state index in [1.54, 1.807) is 25.3 Å². The van der Waals surface area contributed by atoms with Gasteiger partial charge in [0.25, 0.3) is 0 Å². The number of nitrogens with zero attached hydrogens (tertiary/aromatic N) is 2. The number of fused-ring (bicyclic) bond motifs is 1. The second-order valence-electron chi connectivity index (χ2n) is 5.74. The van der Waals surface area contributed by atoms with Crippen LogP contribution in [0.25, 0.3) is 10.9 Å². The molecule has 0 spiro atoms. The van der Waals surface area contributed by atoms with E-state index in [2.05, 4.69) is 14.3 Å². The Morgan fingerprint density at radius 1 is 1.42 bits per heavy atom. The van der Waals surface area contributed by atoms with Crippen molar-refractivity contribution in [1.82, 2.24) is 9.97 Å². The molecule has 2 aromatic heterocycles. The van der Waals surface area contributed by atoms with Gasteiger partial charge in [-0.1, -0.05) is 0 Å². The Balaban J connectivity index is 1.56. The van der Waals surface area contributed by atoms with Gasteiger partial charge < -0.3 is 14.0 Å². The Hall–Kier alpha value is -2.47.